The summed E-state index contributed by atoms with van der Waals surface area (Å²) in [5.74, 6) is 0.433. The standard InChI is InChI=1S/C11H6Cl4N2O/c12-7-3-9(14)10(4-8(7)13)18-5-6-1-2-11(15)17-16-6/h1-4H,5H2. The SMILES string of the molecule is Clc1ccc(COc2cc(Cl)c(Cl)cc2Cl)nn1. The average molecular weight is 324 g/mol. The van der Waals surface area contributed by atoms with E-state index < -0.39 is 0 Å². The summed E-state index contributed by atoms with van der Waals surface area (Å²) in [6.45, 7) is 0.210. The molecule has 0 N–H and O–H groups in total. The van der Waals surface area contributed by atoms with Crippen LogP contribution in [0.2, 0.25) is 20.2 Å². The van der Waals surface area contributed by atoms with Crippen molar-refractivity contribution in [1.82, 2.24) is 10.2 Å². The van der Waals surface area contributed by atoms with Crippen molar-refractivity contribution in [2.45, 2.75) is 6.61 Å². The lowest BCUT2D eigenvalue weighted by Gasteiger charge is -2.08. The Bertz CT molecular complexity index is 560. The van der Waals surface area contributed by atoms with Crippen LogP contribution in [0.1, 0.15) is 5.69 Å². The lowest BCUT2D eigenvalue weighted by atomic mass is 10.3. The van der Waals surface area contributed by atoms with Crippen LogP contribution in [0.25, 0.3) is 0 Å². The Morgan fingerprint density at radius 1 is 0.889 bits per heavy atom. The van der Waals surface area contributed by atoms with Crippen molar-refractivity contribution in [1.29, 1.82) is 0 Å². The monoisotopic (exact) mass is 322 g/mol. The molecular weight excluding hydrogens is 318 g/mol. The van der Waals surface area contributed by atoms with Gasteiger partial charge in [0.15, 0.2) is 5.15 Å². The summed E-state index contributed by atoms with van der Waals surface area (Å²) in [5.41, 5.74) is 0.626. The van der Waals surface area contributed by atoms with Crippen LogP contribution in [0.4, 0.5) is 0 Å². The number of hydrogen-bond donors (Lipinski definition) is 0. The summed E-state index contributed by atoms with van der Waals surface area (Å²) in [7, 11) is 0. The van der Waals surface area contributed by atoms with E-state index in [0.717, 1.165) is 0 Å². The van der Waals surface area contributed by atoms with Crippen LogP contribution in [0.15, 0.2) is 24.3 Å². The summed E-state index contributed by atoms with van der Waals surface area (Å²) >= 11 is 23.3. The topological polar surface area (TPSA) is 35.0 Å². The molecule has 1 heterocycles. The molecule has 0 saturated heterocycles. The van der Waals surface area contributed by atoms with Gasteiger partial charge in [-0.3, -0.25) is 0 Å². The molecule has 0 spiro atoms. The Labute approximate surface area is 124 Å². The van der Waals surface area contributed by atoms with E-state index in [9.17, 15) is 0 Å². The number of ether oxygens (including phenoxy) is 1. The van der Waals surface area contributed by atoms with E-state index in [4.69, 9.17) is 51.1 Å². The van der Waals surface area contributed by atoms with Crippen molar-refractivity contribution in [3.05, 3.63) is 50.2 Å². The van der Waals surface area contributed by atoms with Crippen LogP contribution in [0.5, 0.6) is 5.75 Å². The van der Waals surface area contributed by atoms with Gasteiger partial charge in [-0.15, -0.1) is 5.10 Å². The molecule has 0 radical (unpaired) electrons. The molecule has 18 heavy (non-hydrogen) atoms. The van der Waals surface area contributed by atoms with Crippen LogP contribution in [0, 0.1) is 0 Å². The van der Waals surface area contributed by atoms with Crippen molar-refractivity contribution >= 4 is 46.4 Å². The molecule has 7 heteroatoms. The number of rotatable bonds is 3. The molecule has 0 atom stereocenters. The van der Waals surface area contributed by atoms with Crippen molar-refractivity contribution in [2.75, 3.05) is 0 Å². The molecule has 0 aliphatic rings. The van der Waals surface area contributed by atoms with E-state index in [0.29, 0.717) is 31.7 Å². The van der Waals surface area contributed by atoms with Crippen LogP contribution < -0.4 is 4.74 Å². The van der Waals surface area contributed by atoms with Crippen LogP contribution in [-0.2, 0) is 6.61 Å². The second-order valence-corrected chi connectivity index (χ2v) is 4.94. The molecule has 1 aromatic heterocycles. The Morgan fingerprint density at radius 2 is 1.61 bits per heavy atom. The number of aromatic nitrogens is 2. The zero-order valence-electron chi connectivity index (χ0n) is 8.83. The van der Waals surface area contributed by atoms with Crippen LogP contribution >= 0.6 is 46.4 Å². The van der Waals surface area contributed by atoms with E-state index in [1.807, 2.05) is 0 Å². The second-order valence-electron chi connectivity index (χ2n) is 3.33. The van der Waals surface area contributed by atoms with Gasteiger partial charge >= 0.3 is 0 Å². The molecule has 0 aliphatic heterocycles. The molecule has 0 aliphatic carbocycles. The maximum Gasteiger partial charge on any atom is 0.151 e. The highest BCUT2D eigenvalue weighted by Crippen LogP contribution is 2.34. The van der Waals surface area contributed by atoms with Crippen molar-refractivity contribution in [3.63, 3.8) is 0 Å². The van der Waals surface area contributed by atoms with E-state index in [-0.39, 0.29) is 6.61 Å². The Balaban J connectivity index is 2.10. The molecule has 0 fully saturated rings. The molecule has 94 valence electrons. The van der Waals surface area contributed by atoms with Gasteiger partial charge in [0.25, 0.3) is 0 Å². The lowest BCUT2D eigenvalue weighted by Crippen LogP contribution is -2.00. The maximum absolute atomic E-state index is 5.97. The molecule has 2 aromatic rings. The summed E-state index contributed by atoms with van der Waals surface area (Å²) in [4.78, 5) is 0. The van der Waals surface area contributed by atoms with Gasteiger partial charge in [0, 0.05) is 6.07 Å². The third kappa shape index (κ3) is 3.39. The summed E-state index contributed by atoms with van der Waals surface area (Å²) in [6, 6.07) is 6.41. The number of benzene rings is 1. The van der Waals surface area contributed by atoms with Gasteiger partial charge in [0.1, 0.15) is 18.1 Å². The van der Waals surface area contributed by atoms with Gasteiger partial charge in [0.05, 0.1) is 15.1 Å². The van der Waals surface area contributed by atoms with Crippen molar-refractivity contribution in [2.24, 2.45) is 0 Å². The molecule has 0 saturated carbocycles. The minimum atomic E-state index is 0.210. The van der Waals surface area contributed by atoms with Gasteiger partial charge in [-0.25, -0.2) is 0 Å². The smallest absolute Gasteiger partial charge is 0.151 e. The highest BCUT2D eigenvalue weighted by atomic mass is 35.5. The normalized spacial score (nSPS) is 10.4. The molecule has 0 bridgehead atoms. The third-order valence-corrected chi connectivity index (χ3v) is 3.26. The van der Waals surface area contributed by atoms with Gasteiger partial charge < -0.3 is 4.74 Å². The predicted octanol–water partition coefficient (Wildman–Crippen LogP) is 4.67. The fourth-order valence-electron chi connectivity index (χ4n) is 1.19. The maximum atomic E-state index is 5.97. The minimum Gasteiger partial charge on any atom is -0.486 e. The summed E-state index contributed by atoms with van der Waals surface area (Å²) in [6.07, 6.45) is 0. The van der Waals surface area contributed by atoms with E-state index in [1.54, 1.807) is 18.2 Å². The molecule has 2 rings (SSSR count). The van der Waals surface area contributed by atoms with Gasteiger partial charge in [-0.2, -0.15) is 5.10 Å². The second kappa shape index (κ2) is 5.93. The van der Waals surface area contributed by atoms with E-state index in [1.165, 1.54) is 6.07 Å². The Kier molecular flexibility index (Phi) is 4.51. The molecule has 1 aromatic carbocycles. The quantitative estimate of drug-likeness (QED) is 0.770. The first kappa shape index (κ1) is 13.7. The zero-order chi connectivity index (χ0) is 13.1. The van der Waals surface area contributed by atoms with E-state index in [2.05, 4.69) is 10.2 Å². The van der Waals surface area contributed by atoms with Crippen molar-refractivity contribution in [3.8, 4) is 5.75 Å². The molecular formula is C11H6Cl4N2O. The molecule has 0 unspecified atom stereocenters. The van der Waals surface area contributed by atoms with Crippen LogP contribution in [0.3, 0.4) is 0 Å². The lowest BCUT2D eigenvalue weighted by molar-refractivity contribution is 0.300. The predicted molar refractivity (Wildman–Crippen MR) is 72.8 cm³/mol. The van der Waals surface area contributed by atoms with Crippen molar-refractivity contribution < 1.29 is 4.74 Å². The minimum absolute atomic E-state index is 0.210. The van der Waals surface area contributed by atoms with Crippen LogP contribution in [-0.4, -0.2) is 10.2 Å². The number of halogens is 4. The fraction of sp³-hybridized carbons (Fsp3) is 0.0909. The third-order valence-electron chi connectivity index (χ3n) is 2.04. The Hall–Kier alpha value is -0.740. The summed E-state index contributed by atoms with van der Waals surface area (Å²) in [5, 5.41) is 9.01. The average Bonchev–Trinajstić information content (AvgIpc) is 2.34. The first-order valence-corrected chi connectivity index (χ1v) is 6.33. The largest absolute Gasteiger partial charge is 0.486 e. The zero-order valence-corrected chi connectivity index (χ0v) is 11.9. The van der Waals surface area contributed by atoms with Gasteiger partial charge in [0.2, 0.25) is 0 Å². The van der Waals surface area contributed by atoms with Gasteiger partial charge in [-0.05, 0) is 18.2 Å². The molecule has 3 nitrogen and oxygen atoms in total. The summed E-state index contributed by atoms with van der Waals surface area (Å²) < 4.78 is 5.48. The number of hydrogen-bond acceptors (Lipinski definition) is 3. The first-order valence-electron chi connectivity index (χ1n) is 4.81. The highest BCUT2D eigenvalue weighted by molar-refractivity contribution is 6.43. The van der Waals surface area contributed by atoms with Gasteiger partial charge in [-0.1, -0.05) is 46.4 Å². The fourth-order valence-corrected chi connectivity index (χ4v) is 1.88. The Morgan fingerprint density at radius 3 is 2.28 bits per heavy atom. The molecule has 0 amide bonds. The first-order chi connectivity index (χ1) is 8.56. The highest BCUT2D eigenvalue weighted by Gasteiger charge is 2.07. The number of nitrogens with zero attached hydrogens (tertiary/aromatic N) is 2. The van der Waals surface area contributed by atoms with E-state index >= 15 is 0 Å².